The van der Waals surface area contributed by atoms with Crippen molar-refractivity contribution >= 4 is 29.2 Å². The maximum Gasteiger partial charge on any atom is 0.343 e. The van der Waals surface area contributed by atoms with E-state index in [0.29, 0.717) is 44.5 Å². The minimum atomic E-state index is -0.579. The lowest BCUT2D eigenvalue weighted by Crippen LogP contribution is -2.09. The second-order valence-electron chi connectivity index (χ2n) is 6.55. The van der Waals surface area contributed by atoms with Crippen LogP contribution < -0.4 is 18.9 Å². The minimum Gasteiger partial charge on any atom is -0.493 e. The minimum absolute atomic E-state index is 0.241. The third-order valence-corrected chi connectivity index (χ3v) is 4.81. The largest absolute Gasteiger partial charge is 0.493 e. The van der Waals surface area contributed by atoms with Gasteiger partial charge in [-0.2, -0.15) is 5.26 Å². The predicted octanol–water partition coefficient (Wildman–Crippen LogP) is 5.65. The van der Waals surface area contributed by atoms with Crippen LogP contribution in [0, 0.1) is 11.3 Å². The molecule has 0 aromatic heterocycles. The molecule has 0 spiro atoms. The van der Waals surface area contributed by atoms with Gasteiger partial charge in [0.15, 0.2) is 23.0 Å². The summed E-state index contributed by atoms with van der Waals surface area (Å²) in [6.45, 7) is 0. The fourth-order valence-electron chi connectivity index (χ4n) is 2.98. The third-order valence-electron chi connectivity index (χ3n) is 4.58. The Morgan fingerprint density at radius 2 is 1.53 bits per heavy atom. The van der Waals surface area contributed by atoms with Gasteiger partial charge in [0.1, 0.15) is 0 Å². The number of halogens is 1. The number of ether oxygens (including phenoxy) is 4. The second kappa shape index (κ2) is 10.4. The van der Waals surface area contributed by atoms with Gasteiger partial charge in [-0.1, -0.05) is 29.8 Å². The van der Waals surface area contributed by atoms with E-state index in [1.54, 1.807) is 60.7 Å². The Morgan fingerprint density at radius 1 is 0.844 bits per heavy atom. The molecule has 0 aliphatic carbocycles. The number of rotatable bonds is 7. The molecule has 32 heavy (non-hydrogen) atoms. The van der Waals surface area contributed by atoms with Crippen molar-refractivity contribution in [3.63, 3.8) is 0 Å². The highest BCUT2D eigenvalue weighted by molar-refractivity contribution is 6.30. The molecule has 0 saturated heterocycles. The Balaban J connectivity index is 1.87. The summed E-state index contributed by atoms with van der Waals surface area (Å²) in [5.41, 5.74) is 2.12. The Hall–Kier alpha value is -3.95. The number of benzene rings is 3. The van der Waals surface area contributed by atoms with Crippen molar-refractivity contribution in [1.29, 1.82) is 5.26 Å². The summed E-state index contributed by atoms with van der Waals surface area (Å²) in [6.07, 6.45) is 1.70. The highest BCUT2D eigenvalue weighted by Gasteiger charge is 2.16. The van der Waals surface area contributed by atoms with Gasteiger partial charge in [-0.3, -0.25) is 0 Å². The summed E-state index contributed by atoms with van der Waals surface area (Å²) in [6, 6.07) is 19.0. The lowest BCUT2D eigenvalue weighted by molar-refractivity contribution is 0.0729. The van der Waals surface area contributed by atoms with Gasteiger partial charge in [0.25, 0.3) is 0 Å². The lowest BCUT2D eigenvalue weighted by atomic mass is 10.0. The van der Waals surface area contributed by atoms with E-state index < -0.39 is 5.97 Å². The number of hydrogen-bond acceptors (Lipinski definition) is 6. The zero-order chi connectivity index (χ0) is 23.1. The molecule has 0 heterocycles. The van der Waals surface area contributed by atoms with Crippen LogP contribution in [0.3, 0.4) is 0 Å². The average Bonchev–Trinajstić information content (AvgIpc) is 2.82. The molecule has 3 aromatic carbocycles. The van der Waals surface area contributed by atoms with Crippen LogP contribution in [0.15, 0.2) is 60.7 Å². The van der Waals surface area contributed by atoms with Crippen molar-refractivity contribution in [3.8, 4) is 29.1 Å². The molecule has 0 bridgehead atoms. The van der Waals surface area contributed by atoms with Crippen LogP contribution in [0.4, 0.5) is 0 Å². The quantitative estimate of drug-likeness (QED) is 0.201. The molecule has 6 nitrogen and oxygen atoms in total. The van der Waals surface area contributed by atoms with Crippen LogP contribution in [0.1, 0.15) is 21.5 Å². The van der Waals surface area contributed by atoms with Crippen LogP contribution in [-0.4, -0.2) is 27.3 Å². The maximum atomic E-state index is 12.6. The topological polar surface area (TPSA) is 77.8 Å². The number of carbonyl (C=O) groups is 1. The van der Waals surface area contributed by atoms with Crippen LogP contribution in [0.5, 0.6) is 23.0 Å². The van der Waals surface area contributed by atoms with Gasteiger partial charge in [-0.05, 0) is 59.7 Å². The number of hydrogen-bond donors (Lipinski definition) is 0. The second-order valence-corrected chi connectivity index (χ2v) is 6.99. The Morgan fingerprint density at radius 3 is 2.19 bits per heavy atom. The third kappa shape index (κ3) is 5.20. The van der Waals surface area contributed by atoms with Gasteiger partial charge in [0.2, 0.25) is 0 Å². The van der Waals surface area contributed by atoms with Gasteiger partial charge < -0.3 is 18.9 Å². The van der Waals surface area contributed by atoms with Crippen molar-refractivity contribution in [2.24, 2.45) is 0 Å². The number of nitrogens with zero attached hydrogens (tertiary/aromatic N) is 1. The van der Waals surface area contributed by atoms with E-state index in [1.807, 2.05) is 0 Å². The van der Waals surface area contributed by atoms with E-state index >= 15 is 0 Å². The van der Waals surface area contributed by atoms with Gasteiger partial charge in [-0.25, -0.2) is 4.79 Å². The zero-order valence-electron chi connectivity index (χ0n) is 17.7. The molecule has 3 aromatic rings. The van der Waals surface area contributed by atoms with Crippen LogP contribution in [0.2, 0.25) is 5.02 Å². The molecule has 0 radical (unpaired) electrons. The standard InChI is InChI=1S/C25H20ClNO5/c1-29-21-10-8-18(14-24(21)31-3)25(28)32-22-9-7-16(12-23(22)30-2)11-19(15-27)17-5-4-6-20(26)13-17/h4-14H,1-3H3/b19-11-. The van der Waals surface area contributed by atoms with E-state index in [1.165, 1.54) is 27.4 Å². The number of allylic oxidation sites excluding steroid dienone is 1. The molecule has 3 rings (SSSR count). The first-order valence-corrected chi connectivity index (χ1v) is 9.86. The SMILES string of the molecule is COc1ccc(C(=O)Oc2ccc(/C=C(/C#N)c3cccc(Cl)c3)cc2OC)cc1OC. The molecule has 0 fully saturated rings. The zero-order valence-corrected chi connectivity index (χ0v) is 18.5. The molecular weight excluding hydrogens is 430 g/mol. The number of nitriles is 1. The van der Waals surface area contributed by atoms with Crippen molar-refractivity contribution in [2.75, 3.05) is 21.3 Å². The van der Waals surface area contributed by atoms with Gasteiger partial charge in [0.05, 0.1) is 38.5 Å². The summed E-state index contributed by atoms with van der Waals surface area (Å²) in [5.74, 6) is 0.927. The average molecular weight is 450 g/mol. The van der Waals surface area contributed by atoms with Gasteiger partial charge >= 0.3 is 5.97 Å². The van der Waals surface area contributed by atoms with Gasteiger partial charge in [-0.15, -0.1) is 0 Å². The monoisotopic (exact) mass is 449 g/mol. The first-order valence-electron chi connectivity index (χ1n) is 9.49. The van der Waals surface area contributed by atoms with Crippen molar-refractivity contribution in [2.45, 2.75) is 0 Å². The maximum absolute atomic E-state index is 12.6. The molecule has 0 amide bonds. The smallest absolute Gasteiger partial charge is 0.343 e. The molecular formula is C25H20ClNO5. The van der Waals surface area contributed by atoms with Gasteiger partial charge in [0, 0.05) is 5.02 Å². The molecule has 0 N–H and O–H groups in total. The van der Waals surface area contributed by atoms with Crippen LogP contribution in [0.25, 0.3) is 11.6 Å². The van der Waals surface area contributed by atoms with Crippen molar-refractivity contribution in [3.05, 3.63) is 82.4 Å². The van der Waals surface area contributed by atoms with Crippen molar-refractivity contribution in [1.82, 2.24) is 0 Å². The van der Waals surface area contributed by atoms with Crippen LogP contribution >= 0.6 is 11.6 Å². The molecule has 7 heteroatoms. The summed E-state index contributed by atoms with van der Waals surface area (Å²) in [7, 11) is 4.47. The van der Waals surface area contributed by atoms with E-state index in [-0.39, 0.29) is 5.75 Å². The van der Waals surface area contributed by atoms with E-state index in [4.69, 9.17) is 30.5 Å². The number of methoxy groups -OCH3 is 3. The number of esters is 1. The fourth-order valence-corrected chi connectivity index (χ4v) is 3.17. The number of carbonyl (C=O) groups excluding carboxylic acids is 1. The highest BCUT2D eigenvalue weighted by Crippen LogP contribution is 2.32. The molecule has 0 atom stereocenters. The Labute approximate surface area is 191 Å². The molecule has 0 aliphatic heterocycles. The summed E-state index contributed by atoms with van der Waals surface area (Å²) in [5, 5.41) is 10.1. The molecule has 0 saturated carbocycles. The lowest BCUT2D eigenvalue weighted by Gasteiger charge is -2.12. The molecule has 0 unspecified atom stereocenters. The fraction of sp³-hybridized carbons (Fsp3) is 0.120. The van der Waals surface area contributed by atoms with E-state index in [2.05, 4.69) is 6.07 Å². The summed E-state index contributed by atoms with van der Waals surface area (Å²) >= 11 is 6.03. The Kier molecular flexibility index (Phi) is 7.37. The molecule has 162 valence electrons. The predicted molar refractivity (Wildman–Crippen MR) is 122 cm³/mol. The van der Waals surface area contributed by atoms with E-state index in [9.17, 15) is 10.1 Å². The van der Waals surface area contributed by atoms with Crippen LogP contribution in [-0.2, 0) is 0 Å². The van der Waals surface area contributed by atoms with E-state index in [0.717, 1.165) is 0 Å². The first-order chi connectivity index (χ1) is 15.5. The Bertz CT molecular complexity index is 1210. The van der Waals surface area contributed by atoms with Crippen molar-refractivity contribution < 1.29 is 23.7 Å². The summed E-state index contributed by atoms with van der Waals surface area (Å²) in [4.78, 5) is 12.6. The molecule has 0 aliphatic rings. The first kappa shape index (κ1) is 22.7. The normalized spacial score (nSPS) is 10.8. The highest BCUT2D eigenvalue weighted by atomic mass is 35.5. The summed E-state index contributed by atoms with van der Waals surface area (Å²) < 4.78 is 21.3.